The molecular weight excluding hydrogens is 286 g/mol. The molecule has 0 radical (unpaired) electrons. The van der Waals surface area contributed by atoms with E-state index in [2.05, 4.69) is 22.5 Å². The highest BCUT2D eigenvalue weighted by molar-refractivity contribution is 6.30. The first kappa shape index (κ1) is 15.3. The summed E-state index contributed by atoms with van der Waals surface area (Å²) in [5.41, 5.74) is 2.16. The Kier molecular flexibility index (Phi) is 5.17. The van der Waals surface area contributed by atoms with Crippen molar-refractivity contribution >= 4 is 29.0 Å². The van der Waals surface area contributed by atoms with Gasteiger partial charge >= 0.3 is 0 Å². The van der Waals surface area contributed by atoms with E-state index < -0.39 is 0 Å². The van der Waals surface area contributed by atoms with Crippen molar-refractivity contribution in [2.45, 2.75) is 19.8 Å². The second kappa shape index (κ2) is 7.09. The summed E-state index contributed by atoms with van der Waals surface area (Å²) in [4.78, 5) is 16.8. The van der Waals surface area contributed by atoms with Gasteiger partial charge in [0.05, 0.1) is 0 Å². The minimum absolute atomic E-state index is 0.173. The summed E-state index contributed by atoms with van der Waals surface area (Å²) in [6.45, 7) is 2.08. The molecule has 2 rings (SSSR count). The Morgan fingerprint density at radius 2 is 2.10 bits per heavy atom. The molecule has 2 aromatic rings. The molecule has 0 spiro atoms. The number of aryl methyl sites for hydroxylation is 1. The number of nitrogens with zero attached hydrogens (tertiary/aromatic N) is 1. The van der Waals surface area contributed by atoms with E-state index in [1.807, 2.05) is 6.07 Å². The normalized spacial score (nSPS) is 10.2. The van der Waals surface area contributed by atoms with Gasteiger partial charge in [0.25, 0.3) is 5.91 Å². The molecule has 0 fully saturated rings. The number of hydrogen-bond donors (Lipinski definition) is 2. The predicted octanol–water partition coefficient (Wildman–Crippen LogP) is 3.98. The van der Waals surface area contributed by atoms with Crippen LogP contribution in [0.2, 0.25) is 5.02 Å². The lowest BCUT2D eigenvalue weighted by Gasteiger charge is -2.09. The number of pyridine rings is 1. The number of anilines is 2. The Hall–Kier alpha value is -2.07. The molecule has 0 aliphatic carbocycles. The summed E-state index contributed by atoms with van der Waals surface area (Å²) in [5.74, 6) is 0.519. The highest BCUT2D eigenvalue weighted by atomic mass is 35.5. The quantitative estimate of drug-likeness (QED) is 0.878. The third-order valence-electron chi connectivity index (χ3n) is 2.99. The summed E-state index contributed by atoms with van der Waals surface area (Å²) < 4.78 is 0. The van der Waals surface area contributed by atoms with Gasteiger partial charge in [-0.3, -0.25) is 4.79 Å². The van der Waals surface area contributed by atoms with Gasteiger partial charge in [-0.2, -0.15) is 0 Å². The molecule has 110 valence electrons. The Morgan fingerprint density at radius 3 is 2.76 bits per heavy atom. The summed E-state index contributed by atoms with van der Waals surface area (Å²) in [6, 6.07) is 10.6. The minimum atomic E-state index is -0.173. The van der Waals surface area contributed by atoms with Crippen LogP contribution in [0.4, 0.5) is 11.5 Å². The third-order valence-corrected chi connectivity index (χ3v) is 3.22. The van der Waals surface area contributed by atoms with Gasteiger partial charge in [-0.1, -0.05) is 31.0 Å². The average Bonchev–Trinajstić information content (AvgIpc) is 2.47. The van der Waals surface area contributed by atoms with Crippen LogP contribution in [0.1, 0.15) is 29.4 Å². The van der Waals surface area contributed by atoms with Gasteiger partial charge in [-0.25, -0.2) is 4.98 Å². The van der Waals surface area contributed by atoms with Gasteiger partial charge < -0.3 is 10.6 Å². The molecule has 4 nitrogen and oxygen atoms in total. The molecule has 0 bridgehead atoms. The molecule has 0 atom stereocenters. The monoisotopic (exact) mass is 303 g/mol. The zero-order valence-electron chi connectivity index (χ0n) is 12.1. The van der Waals surface area contributed by atoms with Crippen molar-refractivity contribution in [3.63, 3.8) is 0 Å². The zero-order valence-corrected chi connectivity index (χ0v) is 12.9. The van der Waals surface area contributed by atoms with Crippen LogP contribution in [0.15, 0.2) is 36.4 Å². The summed E-state index contributed by atoms with van der Waals surface area (Å²) in [7, 11) is 1.79. The maximum Gasteiger partial charge on any atom is 0.255 e. The van der Waals surface area contributed by atoms with E-state index >= 15 is 0 Å². The molecule has 21 heavy (non-hydrogen) atoms. The number of benzene rings is 1. The largest absolute Gasteiger partial charge is 0.373 e. The first-order valence-corrected chi connectivity index (χ1v) is 7.26. The van der Waals surface area contributed by atoms with Crippen molar-refractivity contribution in [2.24, 2.45) is 0 Å². The van der Waals surface area contributed by atoms with E-state index in [-0.39, 0.29) is 5.91 Å². The van der Waals surface area contributed by atoms with Gasteiger partial charge in [0, 0.05) is 29.0 Å². The van der Waals surface area contributed by atoms with Crippen molar-refractivity contribution in [3.05, 3.63) is 52.7 Å². The first-order chi connectivity index (χ1) is 10.1. The Balaban J connectivity index is 2.23. The van der Waals surface area contributed by atoms with Crippen LogP contribution >= 0.6 is 11.6 Å². The highest BCUT2D eigenvalue weighted by Crippen LogP contribution is 2.17. The van der Waals surface area contributed by atoms with Gasteiger partial charge in [0.2, 0.25) is 0 Å². The molecule has 0 unspecified atom stereocenters. The SMILES string of the molecule is CCCc1cc(C(=O)Nc2cccc(Cl)c2)cc(NC)n1. The fraction of sp³-hybridized carbons (Fsp3) is 0.250. The van der Waals surface area contributed by atoms with Crippen LogP contribution in [0, 0.1) is 0 Å². The molecule has 2 N–H and O–H groups in total. The lowest BCUT2D eigenvalue weighted by molar-refractivity contribution is 0.102. The maximum absolute atomic E-state index is 12.3. The molecule has 0 aliphatic rings. The van der Waals surface area contributed by atoms with Crippen molar-refractivity contribution < 1.29 is 4.79 Å². The summed E-state index contributed by atoms with van der Waals surface area (Å²) in [5, 5.41) is 6.41. The molecule has 5 heteroatoms. The van der Waals surface area contributed by atoms with Gasteiger partial charge in [-0.15, -0.1) is 0 Å². The van der Waals surface area contributed by atoms with E-state index in [1.165, 1.54) is 0 Å². The zero-order chi connectivity index (χ0) is 15.2. The fourth-order valence-electron chi connectivity index (χ4n) is 2.00. The maximum atomic E-state index is 12.3. The van der Waals surface area contributed by atoms with Gasteiger partial charge in [0.1, 0.15) is 5.82 Å². The van der Waals surface area contributed by atoms with E-state index in [4.69, 9.17) is 11.6 Å². The van der Waals surface area contributed by atoms with E-state index in [0.717, 1.165) is 18.5 Å². The summed E-state index contributed by atoms with van der Waals surface area (Å²) in [6.07, 6.45) is 1.82. The number of aromatic nitrogens is 1. The number of amides is 1. The van der Waals surface area contributed by atoms with Gasteiger partial charge in [-0.05, 0) is 36.8 Å². The number of nitrogens with one attached hydrogen (secondary N) is 2. The Bertz CT molecular complexity index is 643. The van der Waals surface area contributed by atoms with Crippen LogP contribution in [-0.2, 0) is 6.42 Å². The second-order valence-electron chi connectivity index (χ2n) is 4.70. The molecule has 0 saturated carbocycles. The number of hydrogen-bond acceptors (Lipinski definition) is 3. The minimum Gasteiger partial charge on any atom is -0.373 e. The van der Waals surface area contributed by atoms with Crippen LogP contribution in [0.3, 0.4) is 0 Å². The third kappa shape index (κ3) is 4.20. The van der Waals surface area contributed by atoms with Crippen LogP contribution in [0.25, 0.3) is 0 Å². The van der Waals surface area contributed by atoms with Crippen LogP contribution < -0.4 is 10.6 Å². The number of carbonyl (C=O) groups is 1. The predicted molar refractivity (Wildman–Crippen MR) is 87.2 cm³/mol. The molecular formula is C16H18ClN3O. The number of halogens is 1. The van der Waals surface area contributed by atoms with Crippen LogP contribution in [0.5, 0.6) is 0 Å². The molecule has 1 aromatic heterocycles. The average molecular weight is 304 g/mol. The van der Waals surface area contributed by atoms with E-state index in [9.17, 15) is 4.79 Å². The van der Waals surface area contributed by atoms with Crippen molar-refractivity contribution in [2.75, 3.05) is 17.7 Å². The van der Waals surface area contributed by atoms with Gasteiger partial charge in [0.15, 0.2) is 0 Å². The molecule has 0 aliphatic heterocycles. The lowest BCUT2D eigenvalue weighted by atomic mass is 10.1. The second-order valence-corrected chi connectivity index (χ2v) is 5.13. The van der Waals surface area contributed by atoms with Crippen molar-refractivity contribution in [1.82, 2.24) is 4.98 Å². The highest BCUT2D eigenvalue weighted by Gasteiger charge is 2.10. The van der Waals surface area contributed by atoms with Crippen LogP contribution in [-0.4, -0.2) is 17.9 Å². The smallest absolute Gasteiger partial charge is 0.255 e. The Labute approximate surface area is 129 Å². The topological polar surface area (TPSA) is 54.0 Å². The summed E-state index contributed by atoms with van der Waals surface area (Å²) >= 11 is 5.92. The molecule has 1 amide bonds. The lowest BCUT2D eigenvalue weighted by Crippen LogP contribution is -2.13. The first-order valence-electron chi connectivity index (χ1n) is 6.88. The fourth-order valence-corrected chi connectivity index (χ4v) is 2.19. The van der Waals surface area contributed by atoms with E-state index in [1.54, 1.807) is 37.4 Å². The molecule has 1 heterocycles. The number of rotatable bonds is 5. The van der Waals surface area contributed by atoms with Crippen molar-refractivity contribution in [3.8, 4) is 0 Å². The Morgan fingerprint density at radius 1 is 1.29 bits per heavy atom. The number of carbonyl (C=O) groups excluding carboxylic acids is 1. The standard InChI is InChI=1S/C16H18ClN3O/c1-3-5-13-8-11(9-15(18-2)19-13)16(21)20-14-7-4-6-12(17)10-14/h4,6-10H,3,5H2,1-2H3,(H,18,19)(H,20,21). The molecule has 1 aromatic carbocycles. The van der Waals surface area contributed by atoms with Crippen molar-refractivity contribution in [1.29, 1.82) is 0 Å². The molecule has 0 saturated heterocycles. The van der Waals surface area contributed by atoms with E-state index in [0.29, 0.717) is 22.1 Å².